The van der Waals surface area contributed by atoms with Gasteiger partial charge in [-0.05, 0) is 0 Å². The van der Waals surface area contributed by atoms with E-state index in [-0.39, 0.29) is 87.8 Å². The van der Waals surface area contributed by atoms with E-state index in [1.165, 1.54) is 0 Å². The quantitative estimate of drug-likeness (QED) is 0.613. The Bertz CT molecular complexity index is 7.51. The fraction of sp³-hybridized carbons (Fsp3) is 0. The van der Waals surface area contributed by atoms with Gasteiger partial charge in [0.05, 0.1) is 0 Å². The van der Waals surface area contributed by atoms with Gasteiger partial charge in [-0.2, -0.15) is 0 Å². The van der Waals surface area contributed by atoms with Crippen LogP contribution >= 0.6 is 49.6 Å². The van der Waals surface area contributed by atoms with E-state index >= 15 is 0 Å². The first kappa shape index (κ1) is 86.8. The van der Waals surface area contributed by atoms with E-state index in [0.717, 1.165) is 0 Å². The Morgan fingerprint density at radius 1 is 0.500 bits per heavy atom. The summed E-state index contributed by atoms with van der Waals surface area (Å²) in [5, 5.41) is 0. The standard InChI is InChI=1S/4ClH.H2O.Y/h4*1H;1H2;. The van der Waals surface area contributed by atoms with Crippen LogP contribution < -0.4 is 0 Å². The predicted octanol–water partition coefficient (Wildman–Crippen LogP) is 0.860. The minimum atomic E-state index is 0. The fourth-order valence-corrected chi connectivity index (χ4v) is 0. The number of hydrogen-bond acceptors (Lipinski definition) is 0. The molecule has 0 saturated heterocycles. The average molecular weight is 253 g/mol. The molecule has 0 atom stereocenters. The van der Waals surface area contributed by atoms with Gasteiger partial charge in [0.15, 0.2) is 0 Å². The third-order valence-electron chi connectivity index (χ3n) is 0. The van der Waals surface area contributed by atoms with Crippen LogP contribution in [0.25, 0.3) is 0 Å². The Labute approximate surface area is 86.8 Å². The summed E-state index contributed by atoms with van der Waals surface area (Å²) in [6.45, 7) is 0. The molecule has 1 nitrogen and oxygen atoms in total. The van der Waals surface area contributed by atoms with Crippen LogP contribution in [-0.4, -0.2) is 5.48 Å². The van der Waals surface area contributed by atoms with Gasteiger partial charge < -0.3 is 5.48 Å². The van der Waals surface area contributed by atoms with Gasteiger partial charge in [-0.3, -0.25) is 0 Å². The third-order valence-corrected chi connectivity index (χ3v) is 0. The summed E-state index contributed by atoms with van der Waals surface area (Å²) in [4.78, 5) is 0. The summed E-state index contributed by atoms with van der Waals surface area (Å²) < 4.78 is 0. The van der Waals surface area contributed by atoms with E-state index in [9.17, 15) is 0 Å². The molecule has 0 aliphatic carbocycles. The molecule has 0 spiro atoms. The van der Waals surface area contributed by atoms with E-state index in [2.05, 4.69) is 0 Å². The maximum atomic E-state index is 0. The molecular formula is H6Cl4OY. The van der Waals surface area contributed by atoms with Crippen LogP contribution in [0.3, 0.4) is 0 Å². The van der Waals surface area contributed by atoms with Crippen LogP contribution in [0.2, 0.25) is 0 Å². The molecular weight excluding hydrogens is 247 g/mol. The molecule has 1 radical (unpaired) electrons. The van der Waals surface area contributed by atoms with Gasteiger partial charge in [0, 0.05) is 32.7 Å². The molecule has 0 aromatic heterocycles. The van der Waals surface area contributed by atoms with E-state index < -0.39 is 0 Å². The second-order valence-corrected chi connectivity index (χ2v) is 0. The van der Waals surface area contributed by atoms with Gasteiger partial charge in [0.2, 0.25) is 0 Å². The zero-order valence-corrected chi connectivity index (χ0v) is 8.81. The predicted molar refractivity (Wildman–Crippen MR) is 32.6 cm³/mol. The molecule has 0 unspecified atom stereocenters. The first-order chi connectivity index (χ1) is 0. The molecule has 0 aliphatic rings. The largest absolute Gasteiger partial charge is 0.412 e. The maximum Gasteiger partial charge on any atom is 0 e. The molecule has 0 aliphatic heterocycles. The first-order valence-corrected chi connectivity index (χ1v) is 0. The molecule has 6 heavy (non-hydrogen) atoms. The molecule has 0 fully saturated rings. The molecule has 0 aromatic rings. The first-order valence-electron chi connectivity index (χ1n) is 0. The van der Waals surface area contributed by atoms with Crippen molar-refractivity contribution in [1.82, 2.24) is 0 Å². The Kier molecular flexibility index (Phi) is 818. The Morgan fingerprint density at radius 3 is 0.500 bits per heavy atom. The van der Waals surface area contributed by atoms with Crippen molar-refractivity contribution >= 4 is 49.6 Å². The van der Waals surface area contributed by atoms with Crippen molar-refractivity contribution in [3.8, 4) is 0 Å². The van der Waals surface area contributed by atoms with E-state index in [1.54, 1.807) is 0 Å². The normalized spacial score (nSPS) is 0. The number of rotatable bonds is 0. The minimum Gasteiger partial charge on any atom is -0.412 e. The second kappa shape index (κ2) is 56.6. The van der Waals surface area contributed by atoms with Crippen molar-refractivity contribution in [3.63, 3.8) is 0 Å². The molecule has 0 rings (SSSR count). The zero-order valence-electron chi connectivity index (χ0n) is 2.71. The second-order valence-electron chi connectivity index (χ2n) is 0. The minimum absolute atomic E-state index is 0. The van der Waals surface area contributed by atoms with Crippen molar-refractivity contribution in [3.05, 3.63) is 0 Å². The molecule has 0 aromatic carbocycles. The molecule has 0 saturated carbocycles. The van der Waals surface area contributed by atoms with Crippen LogP contribution in [0.4, 0.5) is 0 Å². The summed E-state index contributed by atoms with van der Waals surface area (Å²) in [5.74, 6) is 0. The monoisotopic (exact) mass is 251 g/mol. The number of hydrogen-bond donors (Lipinski definition) is 0. The SMILES string of the molecule is Cl.Cl.Cl.Cl.O.[Y]. The van der Waals surface area contributed by atoms with Crippen molar-refractivity contribution in [2.45, 2.75) is 0 Å². The maximum absolute atomic E-state index is 0. The molecule has 43 valence electrons. The van der Waals surface area contributed by atoms with Crippen LogP contribution in [0.15, 0.2) is 0 Å². The molecule has 0 heterocycles. The van der Waals surface area contributed by atoms with Gasteiger partial charge in [0.1, 0.15) is 0 Å². The molecule has 0 amide bonds. The van der Waals surface area contributed by atoms with Crippen molar-refractivity contribution in [2.75, 3.05) is 0 Å². The summed E-state index contributed by atoms with van der Waals surface area (Å²) in [6, 6.07) is 0. The van der Waals surface area contributed by atoms with Gasteiger partial charge in [0.25, 0.3) is 0 Å². The third kappa shape index (κ3) is 34.3. The molecule has 2 N–H and O–H groups in total. The van der Waals surface area contributed by atoms with Crippen molar-refractivity contribution < 1.29 is 38.2 Å². The fourth-order valence-electron chi connectivity index (χ4n) is 0. The van der Waals surface area contributed by atoms with Crippen LogP contribution in [0, 0.1) is 0 Å². The molecule has 0 bridgehead atoms. The van der Waals surface area contributed by atoms with Crippen molar-refractivity contribution in [2.24, 2.45) is 0 Å². The summed E-state index contributed by atoms with van der Waals surface area (Å²) in [6.07, 6.45) is 0. The Morgan fingerprint density at radius 2 is 0.500 bits per heavy atom. The van der Waals surface area contributed by atoms with Crippen LogP contribution in [0.1, 0.15) is 0 Å². The van der Waals surface area contributed by atoms with E-state index in [1.807, 2.05) is 0 Å². The van der Waals surface area contributed by atoms with E-state index in [4.69, 9.17) is 0 Å². The van der Waals surface area contributed by atoms with Gasteiger partial charge in [-0.25, -0.2) is 0 Å². The van der Waals surface area contributed by atoms with Crippen LogP contribution in [0.5, 0.6) is 0 Å². The van der Waals surface area contributed by atoms with Gasteiger partial charge in [-0.1, -0.05) is 0 Å². The van der Waals surface area contributed by atoms with Crippen molar-refractivity contribution in [1.29, 1.82) is 0 Å². The summed E-state index contributed by atoms with van der Waals surface area (Å²) in [5.41, 5.74) is 0. The average Bonchev–Trinajstić information content (AvgIpc) is 0. The zero-order chi connectivity index (χ0) is 0. The van der Waals surface area contributed by atoms with Crippen LogP contribution in [-0.2, 0) is 32.7 Å². The number of halogens is 4. The Hall–Kier alpha value is 2.22. The van der Waals surface area contributed by atoms with E-state index in [0.29, 0.717) is 0 Å². The van der Waals surface area contributed by atoms with Gasteiger partial charge >= 0.3 is 0 Å². The summed E-state index contributed by atoms with van der Waals surface area (Å²) >= 11 is 0. The van der Waals surface area contributed by atoms with Gasteiger partial charge in [-0.15, -0.1) is 49.6 Å². The molecule has 6 heteroatoms. The Balaban J connectivity index is 0. The topological polar surface area (TPSA) is 31.5 Å². The smallest absolute Gasteiger partial charge is 0 e. The summed E-state index contributed by atoms with van der Waals surface area (Å²) in [7, 11) is 0.